The Morgan fingerprint density at radius 1 is 1.36 bits per heavy atom. The van der Waals surface area contributed by atoms with Crippen LogP contribution < -0.4 is 16.0 Å². The number of hydrogen-bond donors (Lipinski definition) is 2. The third-order valence-corrected chi connectivity index (χ3v) is 2.58. The predicted octanol–water partition coefficient (Wildman–Crippen LogP) is 1.31. The molecule has 0 saturated carbocycles. The summed E-state index contributed by atoms with van der Waals surface area (Å²) in [7, 11) is 1.84. The Balaban J connectivity index is 2.25. The van der Waals surface area contributed by atoms with E-state index in [9.17, 15) is 0 Å². The van der Waals surface area contributed by atoms with Crippen LogP contribution >= 0.6 is 0 Å². The van der Waals surface area contributed by atoms with Gasteiger partial charge in [0.05, 0.1) is 5.69 Å². The molecule has 0 aromatic carbocycles. The van der Waals surface area contributed by atoms with Crippen molar-refractivity contribution < 1.29 is 0 Å². The second kappa shape index (κ2) is 3.74. The standard InChI is InChI=1S/C10H16N4/c1-12-10-8(11)4-5-9(13-10)14-6-2-3-7-14/h4-5H,2-3,6-7,11H2,1H3,(H,12,13). The quantitative estimate of drug-likeness (QED) is 0.741. The number of hydrogen-bond acceptors (Lipinski definition) is 4. The van der Waals surface area contributed by atoms with Gasteiger partial charge in [-0.05, 0) is 25.0 Å². The van der Waals surface area contributed by atoms with E-state index >= 15 is 0 Å². The number of rotatable bonds is 2. The van der Waals surface area contributed by atoms with Crippen LogP contribution in [0.1, 0.15) is 12.8 Å². The van der Waals surface area contributed by atoms with E-state index in [0.29, 0.717) is 5.69 Å². The molecule has 0 aliphatic carbocycles. The van der Waals surface area contributed by atoms with Gasteiger partial charge in [0.1, 0.15) is 5.82 Å². The topological polar surface area (TPSA) is 54.2 Å². The molecular formula is C10H16N4. The second-order valence-corrected chi connectivity index (χ2v) is 3.55. The number of pyridine rings is 1. The van der Waals surface area contributed by atoms with Crippen LogP contribution in [0.2, 0.25) is 0 Å². The molecule has 3 N–H and O–H groups in total. The maximum Gasteiger partial charge on any atom is 0.151 e. The number of nitrogen functional groups attached to an aromatic ring is 1. The first-order valence-electron chi connectivity index (χ1n) is 5.00. The van der Waals surface area contributed by atoms with Gasteiger partial charge in [-0.1, -0.05) is 0 Å². The molecule has 0 unspecified atom stereocenters. The Bertz CT molecular complexity index is 318. The first-order valence-corrected chi connectivity index (χ1v) is 5.00. The SMILES string of the molecule is CNc1nc(N2CCCC2)ccc1N. The molecule has 4 heteroatoms. The summed E-state index contributed by atoms with van der Waals surface area (Å²) in [5.41, 5.74) is 6.46. The number of nitrogens with zero attached hydrogens (tertiary/aromatic N) is 2. The van der Waals surface area contributed by atoms with E-state index in [4.69, 9.17) is 5.73 Å². The number of anilines is 3. The minimum Gasteiger partial charge on any atom is -0.396 e. The van der Waals surface area contributed by atoms with Gasteiger partial charge in [0.2, 0.25) is 0 Å². The maximum absolute atomic E-state index is 5.76. The summed E-state index contributed by atoms with van der Waals surface area (Å²) in [4.78, 5) is 6.75. The van der Waals surface area contributed by atoms with E-state index in [1.807, 2.05) is 19.2 Å². The highest BCUT2D eigenvalue weighted by Crippen LogP contribution is 2.23. The van der Waals surface area contributed by atoms with Gasteiger partial charge in [-0.15, -0.1) is 0 Å². The Hall–Kier alpha value is -1.45. The zero-order valence-corrected chi connectivity index (χ0v) is 8.45. The summed E-state index contributed by atoms with van der Waals surface area (Å²) in [6, 6.07) is 3.90. The van der Waals surface area contributed by atoms with Gasteiger partial charge >= 0.3 is 0 Å². The van der Waals surface area contributed by atoms with Crippen molar-refractivity contribution in [3.8, 4) is 0 Å². The highest BCUT2D eigenvalue weighted by Gasteiger charge is 2.14. The average molecular weight is 192 g/mol. The zero-order valence-electron chi connectivity index (χ0n) is 8.45. The van der Waals surface area contributed by atoms with Crippen molar-refractivity contribution in [2.45, 2.75) is 12.8 Å². The van der Waals surface area contributed by atoms with Crippen LogP contribution in [-0.2, 0) is 0 Å². The lowest BCUT2D eigenvalue weighted by Gasteiger charge is -2.17. The fourth-order valence-corrected chi connectivity index (χ4v) is 1.78. The monoisotopic (exact) mass is 192 g/mol. The van der Waals surface area contributed by atoms with Crippen molar-refractivity contribution in [1.29, 1.82) is 0 Å². The third-order valence-electron chi connectivity index (χ3n) is 2.58. The first-order chi connectivity index (χ1) is 6.81. The summed E-state index contributed by atoms with van der Waals surface area (Å²) in [5.74, 6) is 1.80. The lowest BCUT2D eigenvalue weighted by atomic mass is 10.3. The van der Waals surface area contributed by atoms with E-state index in [-0.39, 0.29) is 0 Å². The minimum absolute atomic E-state index is 0.704. The molecule has 1 aromatic heterocycles. The van der Waals surface area contributed by atoms with Gasteiger partial charge in [-0.3, -0.25) is 0 Å². The van der Waals surface area contributed by atoms with Crippen LogP contribution in [0, 0.1) is 0 Å². The van der Waals surface area contributed by atoms with Crippen molar-refractivity contribution in [2.75, 3.05) is 36.1 Å². The van der Waals surface area contributed by atoms with Crippen LogP contribution in [0.4, 0.5) is 17.3 Å². The maximum atomic E-state index is 5.76. The van der Waals surface area contributed by atoms with Crippen LogP contribution in [0.25, 0.3) is 0 Å². The number of nitrogens with two attached hydrogens (primary N) is 1. The largest absolute Gasteiger partial charge is 0.396 e. The van der Waals surface area contributed by atoms with Crippen LogP contribution in [0.3, 0.4) is 0 Å². The molecule has 1 aliphatic heterocycles. The van der Waals surface area contributed by atoms with Crippen molar-refractivity contribution in [1.82, 2.24) is 4.98 Å². The third kappa shape index (κ3) is 1.60. The second-order valence-electron chi connectivity index (χ2n) is 3.55. The van der Waals surface area contributed by atoms with Gasteiger partial charge in [0, 0.05) is 20.1 Å². The molecule has 1 saturated heterocycles. The lowest BCUT2D eigenvalue weighted by Crippen LogP contribution is -2.19. The molecular weight excluding hydrogens is 176 g/mol. The lowest BCUT2D eigenvalue weighted by molar-refractivity contribution is 0.939. The van der Waals surface area contributed by atoms with Crippen LogP contribution in [0.5, 0.6) is 0 Å². The Labute approximate surface area is 84.1 Å². The molecule has 76 valence electrons. The molecule has 0 radical (unpaired) electrons. The van der Waals surface area contributed by atoms with Gasteiger partial charge < -0.3 is 16.0 Å². The van der Waals surface area contributed by atoms with Crippen LogP contribution in [0.15, 0.2) is 12.1 Å². The molecule has 1 aliphatic rings. The van der Waals surface area contributed by atoms with Crippen molar-refractivity contribution >= 4 is 17.3 Å². The van der Waals surface area contributed by atoms with Crippen LogP contribution in [-0.4, -0.2) is 25.1 Å². The Morgan fingerprint density at radius 2 is 2.07 bits per heavy atom. The van der Waals surface area contributed by atoms with E-state index < -0.39 is 0 Å². The highest BCUT2D eigenvalue weighted by molar-refractivity contribution is 5.64. The molecule has 2 heterocycles. The molecule has 1 aromatic rings. The number of aromatic nitrogens is 1. The predicted molar refractivity (Wildman–Crippen MR) is 59.6 cm³/mol. The van der Waals surface area contributed by atoms with E-state index in [2.05, 4.69) is 15.2 Å². The van der Waals surface area contributed by atoms with Crippen molar-refractivity contribution in [2.24, 2.45) is 0 Å². The Morgan fingerprint density at radius 3 is 2.71 bits per heavy atom. The van der Waals surface area contributed by atoms with Gasteiger partial charge in [-0.25, -0.2) is 4.98 Å². The normalized spacial score (nSPS) is 15.9. The van der Waals surface area contributed by atoms with E-state index in [1.54, 1.807) is 0 Å². The molecule has 0 spiro atoms. The molecule has 0 amide bonds. The summed E-state index contributed by atoms with van der Waals surface area (Å²) < 4.78 is 0. The smallest absolute Gasteiger partial charge is 0.151 e. The summed E-state index contributed by atoms with van der Waals surface area (Å²) >= 11 is 0. The average Bonchev–Trinajstić information content (AvgIpc) is 2.71. The van der Waals surface area contributed by atoms with Gasteiger partial charge in [0.25, 0.3) is 0 Å². The molecule has 14 heavy (non-hydrogen) atoms. The van der Waals surface area contributed by atoms with Gasteiger partial charge in [0.15, 0.2) is 5.82 Å². The Kier molecular flexibility index (Phi) is 2.43. The summed E-state index contributed by atoms with van der Waals surface area (Å²) in [6.45, 7) is 2.22. The molecule has 1 fully saturated rings. The summed E-state index contributed by atoms with van der Waals surface area (Å²) in [5, 5.41) is 3.00. The minimum atomic E-state index is 0.704. The molecule has 2 rings (SSSR count). The molecule has 0 atom stereocenters. The van der Waals surface area contributed by atoms with E-state index in [1.165, 1.54) is 12.8 Å². The fourth-order valence-electron chi connectivity index (χ4n) is 1.78. The van der Waals surface area contributed by atoms with E-state index in [0.717, 1.165) is 24.7 Å². The molecule has 0 bridgehead atoms. The highest BCUT2D eigenvalue weighted by atomic mass is 15.2. The fraction of sp³-hybridized carbons (Fsp3) is 0.500. The first kappa shape index (κ1) is 9.12. The summed E-state index contributed by atoms with van der Waals surface area (Å²) in [6.07, 6.45) is 2.53. The number of nitrogens with one attached hydrogen (secondary N) is 1. The van der Waals surface area contributed by atoms with Crippen molar-refractivity contribution in [3.05, 3.63) is 12.1 Å². The zero-order chi connectivity index (χ0) is 9.97. The molecule has 4 nitrogen and oxygen atoms in total. The van der Waals surface area contributed by atoms with Gasteiger partial charge in [-0.2, -0.15) is 0 Å². The van der Waals surface area contributed by atoms with Crippen molar-refractivity contribution in [3.63, 3.8) is 0 Å².